The molecule has 3 amide bonds. The van der Waals surface area contributed by atoms with E-state index in [4.69, 9.17) is 9.47 Å². The van der Waals surface area contributed by atoms with Gasteiger partial charge in [0.2, 0.25) is 5.91 Å². The third kappa shape index (κ3) is 3.99. The van der Waals surface area contributed by atoms with E-state index in [-0.39, 0.29) is 40.5 Å². The molecule has 1 saturated heterocycles. The van der Waals surface area contributed by atoms with Crippen LogP contribution in [0.15, 0.2) is 47.4 Å². The fraction of sp³-hybridized carbons (Fsp3) is 0.391. The van der Waals surface area contributed by atoms with E-state index in [0.29, 0.717) is 16.6 Å². The molecular formula is C23H27N3O6S. The number of para-hydroxylation sites is 1. The van der Waals surface area contributed by atoms with E-state index in [1.807, 2.05) is 6.92 Å². The van der Waals surface area contributed by atoms with Crippen molar-refractivity contribution in [2.45, 2.75) is 37.1 Å². The molecule has 0 bridgehead atoms. The molecule has 0 aromatic heterocycles. The summed E-state index contributed by atoms with van der Waals surface area (Å²) in [6, 6.07) is 9.90. The first-order chi connectivity index (χ1) is 15.8. The Bertz CT molecular complexity index is 1180. The first-order valence-electron chi connectivity index (χ1n) is 10.8. The summed E-state index contributed by atoms with van der Waals surface area (Å²) in [5, 5.41) is 0. The molecule has 176 valence electrons. The van der Waals surface area contributed by atoms with Crippen LogP contribution in [0.1, 0.15) is 26.2 Å². The maximum absolute atomic E-state index is 13.6. The van der Waals surface area contributed by atoms with E-state index in [2.05, 4.69) is 0 Å². The summed E-state index contributed by atoms with van der Waals surface area (Å²) in [6.45, 7) is 2.37. The van der Waals surface area contributed by atoms with E-state index in [0.717, 1.165) is 19.3 Å². The lowest BCUT2D eigenvalue weighted by Gasteiger charge is -2.38. The predicted octanol–water partition coefficient (Wildman–Crippen LogP) is 3.24. The summed E-state index contributed by atoms with van der Waals surface area (Å²) in [5.41, 5.74) is 0.285. The lowest BCUT2D eigenvalue weighted by Crippen LogP contribution is -2.55. The fourth-order valence-corrected chi connectivity index (χ4v) is 5.95. The summed E-state index contributed by atoms with van der Waals surface area (Å²) >= 11 is 0. The first kappa shape index (κ1) is 22.9. The second-order valence-electron chi connectivity index (χ2n) is 8.08. The summed E-state index contributed by atoms with van der Waals surface area (Å²) in [5.74, 6) is 0.466. The number of likely N-dealkylation sites (tertiary alicyclic amines) is 1. The summed E-state index contributed by atoms with van der Waals surface area (Å²) in [7, 11) is -1.32. The van der Waals surface area contributed by atoms with Gasteiger partial charge in [-0.15, -0.1) is 0 Å². The second kappa shape index (κ2) is 8.93. The van der Waals surface area contributed by atoms with Crippen molar-refractivity contribution in [3.05, 3.63) is 42.5 Å². The molecule has 2 heterocycles. The van der Waals surface area contributed by atoms with Crippen molar-refractivity contribution in [1.29, 1.82) is 0 Å². The Hall–Kier alpha value is -3.27. The van der Waals surface area contributed by atoms with Gasteiger partial charge in [0.15, 0.2) is 11.5 Å². The maximum Gasteiger partial charge on any atom is 0.343 e. The number of rotatable bonds is 5. The molecule has 9 nitrogen and oxygen atoms in total. The summed E-state index contributed by atoms with van der Waals surface area (Å²) < 4.78 is 38.2. The van der Waals surface area contributed by atoms with Crippen LogP contribution in [0.3, 0.4) is 0 Å². The molecule has 2 aliphatic rings. The van der Waals surface area contributed by atoms with Crippen molar-refractivity contribution in [3.63, 3.8) is 0 Å². The van der Waals surface area contributed by atoms with Crippen LogP contribution in [0, 0.1) is 0 Å². The molecule has 2 aliphatic heterocycles. The van der Waals surface area contributed by atoms with Crippen molar-refractivity contribution in [3.8, 4) is 11.5 Å². The molecule has 1 fully saturated rings. The molecule has 0 spiro atoms. The van der Waals surface area contributed by atoms with E-state index in [9.17, 15) is 18.0 Å². The molecule has 1 atom stereocenters. The topological polar surface area (TPSA) is 96.5 Å². The van der Waals surface area contributed by atoms with Gasteiger partial charge in [-0.1, -0.05) is 12.1 Å². The van der Waals surface area contributed by atoms with Crippen molar-refractivity contribution >= 4 is 33.3 Å². The van der Waals surface area contributed by atoms with Crippen LogP contribution in [0.25, 0.3) is 0 Å². The van der Waals surface area contributed by atoms with Gasteiger partial charge in [-0.25, -0.2) is 13.2 Å². The number of piperidine rings is 1. The Balaban J connectivity index is 1.77. The third-order valence-corrected chi connectivity index (χ3v) is 7.85. The first-order valence-corrected chi connectivity index (χ1v) is 12.2. The molecule has 0 aliphatic carbocycles. The van der Waals surface area contributed by atoms with Gasteiger partial charge in [-0.2, -0.15) is 4.31 Å². The standard InChI is InChI=1S/C23H27N3O6S/c1-16-8-6-7-13-24(16)22(27)15-25-18-9-4-5-10-21(18)33(29,30)26(23(25)28)17-11-12-19(31-2)20(14-17)32-3/h4-5,9-12,14,16H,6-8,13,15H2,1-3H3/t16-/m0/s1. The quantitative estimate of drug-likeness (QED) is 0.662. The highest BCUT2D eigenvalue weighted by Gasteiger charge is 2.44. The van der Waals surface area contributed by atoms with Crippen molar-refractivity contribution in [1.82, 2.24) is 4.90 Å². The Kier molecular flexibility index (Phi) is 6.20. The molecule has 2 aromatic rings. The van der Waals surface area contributed by atoms with E-state index in [1.54, 1.807) is 23.1 Å². The minimum Gasteiger partial charge on any atom is -0.493 e. The highest BCUT2D eigenvalue weighted by molar-refractivity contribution is 7.94. The maximum atomic E-state index is 13.6. The molecule has 4 rings (SSSR count). The van der Waals surface area contributed by atoms with Gasteiger partial charge in [0.05, 0.1) is 25.6 Å². The number of methoxy groups -OCH3 is 2. The van der Waals surface area contributed by atoms with Gasteiger partial charge in [0.1, 0.15) is 11.4 Å². The molecule has 0 N–H and O–H groups in total. The number of sulfonamides is 1. The number of carbonyl (C=O) groups is 2. The molecular weight excluding hydrogens is 446 g/mol. The lowest BCUT2D eigenvalue weighted by molar-refractivity contribution is -0.132. The molecule has 2 aromatic carbocycles. The molecule has 0 saturated carbocycles. The SMILES string of the molecule is COc1ccc(N2C(=O)N(CC(=O)N3CCCC[C@@H]3C)c3ccccc3S2(=O)=O)cc1OC. The highest BCUT2D eigenvalue weighted by Crippen LogP contribution is 2.40. The number of hydrogen-bond donors (Lipinski definition) is 0. The molecule has 0 radical (unpaired) electrons. The molecule has 33 heavy (non-hydrogen) atoms. The number of nitrogens with zero attached hydrogens (tertiary/aromatic N) is 3. The minimum atomic E-state index is -4.21. The number of fused-ring (bicyclic) bond motifs is 1. The average molecular weight is 474 g/mol. The van der Waals surface area contributed by atoms with Crippen LogP contribution in [-0.2, 0) is 14.8 Å². The van der Waals surface area contributed by atoms with Gasteiger partial charge >= 0.3 is 6.03 Å². The second-order valence-corrected chi connectivity index (χ2v) is 9.83. The van der Waals surface area contributed by atoms with Crippen molar-refractivity contribution in [2.75, 3.05) is 36.5 Å². The lowest BCUT2D eigenvalue weighted by atomic mass is 10.0. The number of anilines is 2. The molecule has 0 unspecified atom stereocenters. The largest absolute Gasteiger partial charge is 0.493 e. The zero-order valence-corrected chi connectivity index (χ0v) is 19.7. The Morgan fingerprint density at radius 1 is 1.06 bits per heavy atom. The molecule has 10 heteroatoms. The van der Waals surface area contributed by atoms with E-state index < -0.39 is 16.1 Å². The fourth-order valence-electron chi connectivity index (χ4n) is 4.36. The van der Waals surface area contributed by atoms with Gasteiger partial charge in [0.25, 0.3) is 10.0 Å². The zero-order valence-electron chi connectivity index (χ0n) is 18.9. The number of urea groups is 1. The summed E-state index contributed by atoms with van der Waals surface area (Å²) in [6.07, 6.45) is 2.87. The van der Waals surface area contributed by atoms with Crippen LogP contribution >= 0.6 is 0 Å². The monoisotopic (exact) mass is 473 g/mol. The minimum absolute atomic E-state index is 0.0427. The van der Waals surface area contributed by atoms with Crippen molar-refractivity contribution < 1.29 is 27.5 Å². The van der Waals surface area contributed by atoms with Gasteiger partial charge < -0.3 is 14.4 Å². The van der Waals surface area contributed by atoms with Crippen LogP contribution < -0.4 is 18.7 Å². The summed E-state index contributed by atoms with van der Waals surface area (Å²) in [4.78, 5) is 29.7. The van der Waals surface area contributed by atoms with E-state index >= 15 is 0 Å². The van der Waals surface area contributed by atoms with Crippen LogP contribution in [-0.4, -0.2) is 58.6 Å². The normalized spacial score (nSPS) is 19.8. The average Bonchev–Trinajstić information content (AvgIpc) is 2.81. The third-order valence-electron chi connectivity index (χ3n) is 6.10. The predicted molar refractivity (Wildman–Crippen MR) is 123 cm³/mol. The highest BCUT2D eigenvalue weighted by atomic mass is 32.2. The van der Waals surface area contributed by atoms with Gasteiger partial charge in [0, 0.05) is 18.7 Å². The van der Waals surface area contributed by atoms with Crippen LogP contribution in [0.2, 0.25) is 0 Å². The van der Waals surface area contributed by atoms with E-state index in [1.165, 1.54) is 43.4 Å². The number of carbonyl (C=O) groups excluding carboxylic acids is 2. The number of amides is 3. The van der Waals surface area contributed by atoms with Crippen LogP contribution in [0.4, 0.5) is 16.2 Å². The van der Waals surface area contributed by atoms with Crippen LogP contribution in [0.5, 0.6) is 11.5 Å². The van der Waals surface area contributed by atoms with Gasteiger partial charge in [-0.3, -0.25) is 9.69 Å². The van der Waals surface area contributed by atoms with Gasteiger partial charge in [-0.05, 0) is 50.5 Å². The Labute approximate surface area is 193 Å². The van der Waals surface area contributed by atoms with Crippen molar-refractivity contribution in [2.24, 2.45) is 0 Å². The smallest absolute Gasteiger partial charge is 0.343 e. The number of ether oxygens (including phenoxy) is 2. The Morgan fingerprint density at radius 2 is 1.79 bits per heavy atom. The number of benzene rings is 2. The zero-order chi connectivity index (χ0) is 23.8. The number of hydrogen-bond acceptors (Lipinski definition) is 6. The Morgan fingerprint density at radius 3 is 2.48 bits per heavy atom.